The fraction of sp³-hybridized carbons (Fsp3) is 0.643. The summed E-state index contributed by atoms with van der Waals surface area (Å²) in [7, 11) is 0. The highest BCUT2D eigenvalue weighted by molar-refractivity contribution is 5.49. The average molecular weight is 233 g/mol. The fourth-order valence-electron chi connectivity index (χ4n) is 2.64. The molecule has 2 rings (SSSR count). The van der Waals surface area contributed by atoms with Gasteiger partial charge >= 0.3 is 0 Å². The lowest BCUT2D eigenvalue weighted by molar-refractivity contribution is 0.360. The maximum Gasteiger partial charge on any atom is 0.133 e. The monoisotopic (exact) mass is 233 g/mol. The number of hydrogen-bond donors (Lipinski definition) is 1. The molecule has 0 radical (unpaired) electrons. The zero-order chi connectivity index (χ0) is 12.4. The molecule has 3 nitrogen and oxygen atoms in total. The van der Waals surface area contributed by atoms with Crippen molar-refractivity contribution in [1.29, 1.82) is 0 Å². The summed E-state index contributed by atoms with van der Waals surface area (Å²) in [6.45, 7) is 7.75. The fourth-order valence-corrected chi connectivity index (χ4v) is 2.64. The third-order valence-corrected chi connectivity index (χ3v) is 3.95. The summed E-state index contributed by atoms with van der Waals surface area (Å²) in [5, 5.41) is 0. The molecular weight excluding hydrogens is 210 g/mol. The number of hydrogen-bond acceptors (Lipinski definition) is 3. The van der Waals surface area contributed by atoms with Crippen molar-refractivity contribution in [2.24, 2.45) is 11.7 Å². The number of piperidine rings is 1. The van der Waals surface area contributed by atoms with Crippen molar-refractivity contribution in [3.63, 3.8) is 0 Å². The van der Waals surface area contributed by atoms with E-state index < -0.39 is 0 Å². The van der Waals surface area contributed by atoms with E-state index in [-0.39, 0.29) is 6.04 Å². The summed E-state index contributed by atoms with van der Waals surface area (Å²) in [4.78, 5) is 6.98. The van der Waals surface area contributed by atoms with Crippen LogP contribution in [0.2, 0.25) is 0 Å². The van der Waals surface area contributed by atoms with E-state index in [1.165, 1.54) is 12.8 Å². The predicted molar refractivity (Wildman–Crippen MR) is 72.0 cm³/mol. The number of anilines is 1. The van der Waals surface area contributed by atoms with Gasteiger partial charge in [-0.15, -0.1) is 0 Å². The second-order valence-electron chi connectivity index (χ2n) is 5.26. The van der Waals surface area contributed by atoms with Crippen LogP contribution in [0.15, 0.2) is 18.3 Å². The van der Waals surface area contributed by atoms with Gasteiger partial charge in [0.1, 0.15) is 5.82 Å². The molecule has 3 heteroatoms. The minimum atomic E-state index is 0.0446. The van der Waals surface area contributed by atoms with Crippen LogP contribution in [0, 0.1) is 5.92 Å². The predicted octanol–water partition coefficient (Wildman–Crippen LogP) is 2.73. The summed E-state index contributed by atoms with van der Waals surface area (Å²) in [6.07, 6.45) is 4.44. The van der Waals surface area contributed by atoms with Gasteiger partial charge in [0.15, 0.2) is 0 Å². The van der Waals surface area contributed by atoms with Crippen LogP contribution in [0.4, 0.5) is 5.82 Å². The maximum atomic E-state index is 6.03. The van der Waals surface area contributed by atoms with Gasteiger partial charge in [-0.25, -0.2) is 4.98 Å². The Bertz CT molecular complexity index is 375. The first-order chi connectivity index (χ1) is 8.11. The molecule has 1 saturated heterocycles. The van der Waals surface area contributed by atoms with E-state index >= 15 is 0 Å². The highest BCUT2D eigenvalue weighted by Gasteiger charge is 2.27. The van der Waals surface area contributed by atoms with Crippen molar-refractivity contribution in [1.82, 2.24) is 4.98 Å². The SMILES string of the molecule is CC1CCCN(c2ncccc2[C@H](C)N)C1C. The topological polar surface area (TPSA) is 42.2 Å². The second-order valence-corrected chi connectivity index (χ2v) is 5.26. The maximum absolute atomic E-state index is 6.03. The molecule has 1 aromatic heterocycles. The van der Waals surface area contributed by atoms with Crippen molar-refractivity contribution in [2.75, 3.05) is 11.4 Å². The number of nitrogens with zero attached hydrogens (tertiary/aromatic N) is 2. The number of pyridine rings is 1. The third kappa shape index (κ3) is 2.44. The normalized spacial score (nSPS) is 26.9. The van der Waals surface area contributed by atoms with Gasteiger partial charge in [0.2, 0.25) is 0 Å². The van der Waals surface area contributed by atoms with Crippen LogP contribution in [-0.4, -0.2) is 17.6 Å². The van der Waals surface area contributed by atoms with Crippen LogP contribution in [0.25, 0.3) is 0 Å². The molecule has 2 heterocycles. The van der Waals surface area contributed by atoms with Gasteiger partial charge in [-0.05, 0) is 38.7 Å². The minimum absolute atomic E-state index is 0.0446. The zero-order valence-electron chi connectivity index (χ0n) is 11.1. The van der Waals surface area contributed by atoms with Crippen LogP contribution in [-0.2, 0) is 0 Å². The summed E-state index contributed by atoms with van der Waals surface area (Å²) in [5.41, 5.74) is 7.20. The molecule has 17 heavy (non-hydrogen) atoms. The van der Waals surface area contributed by atoms with Crippen molar-refractivity contribution in [3.05, 3.63) is 23.9 Å². The van der Waals surface area contributed by atoms with Gasteiger partial charge in [0, 0.05) is 30.4 Å². The van der Waals surface area contributed by atoms with Gasteiger partial charge in [-0.2, -0.15) is 0 Å². The minimum Gasteiger partial charge on any atom is -0.353 e. The second kappa shape index (κ2) is 5.05. The molecule has 94 valence electrons. The molecule has 1 aromatic rings. The van der Waals surface area contributed by atoms with E-state index in [2.05, 4.69) is 29.8 Å². The van der Waals surface area contributed by atoms with E-state index in [1.807, 2.05) is 19.2 Å². The highest BCUT2D eigenvalue weighted by atomic mass is 15.2. The van der Waals surface area contributed by atoms with Gasteiger partial charge < -0.3 is 10.6 Å². The van der Waals surface area contributed by atoms with Crippen LogP contribution < -0.4 is 10.6 Å². The van der Waals surface area contributed by atoms with E-state index in [0.717, 1.165) is 23.8 Å². The van der Waals surface area contributed by atoms with Crippen molar-refractivity contribution in [2.45, 2.75) is 45.7 Å². The van der Waals surface area contributed by atoms with Crippen molar-refractivity contribution < 1.29 is 0 Å². The van der Waals surface area contributed by atoms with Gasteiger partial charge in [-0.1, -0.05) is 13.0 Å². The Morgan fingerprint density at radius 1 is 1.47 bits per heavy atom. The Morgan fingerprint density at radius 3 is 2.94 bits per heavy atom. The molecule has 2 N–H and O–H groups in total. The number of nitrogens with two attached hydrogens (primary N) is 1. The summed E-state index contributed by atoms with van der Waals surface area (Å²) < 4.78 is 0. The van der Waals surface area contributed by atoms with Gasteiger partial charge in [0.25, 0.3) is 0 Å². The Kier molecular flexibility index (Phi) is 3.67. The molecular formula is C14H23N3. The Balaban J connectivity index is 2.32. The molecule has 0 amide bonds. The molecule has 0 aromatic carbocycles. The zero-order valence-corrected chi connectivity index (χ0v) is 11.1. The first kappa shape index (κ1) is 12.4. The lowest BCUT2D eigenvalue weighted by Crippen LogP contribution is -2.43. The Hall–Kier alpha value is -1.09. The first-order valence-electron chi connectivity index (χ1n) is 6.58. The molecule has 1 aliphatic rings. The molecule has 1 aliphatic heterocycles. The van der Waals surface area contributed by atoms with Crippen LogP contribution in [0.5, 0.6) is 0 Å². The van der Waals surface area contributed by atoms with Gasteiger partial charge in [0.05, 0.1) is 0 Å². The summed E-state index contributed by atoms with van der Waals surface area (Å²) >= 11 is 0. The molecule has 0 saturated carbocycles. The summed E-state index contributed by atoms with van der Waals surface area (Å²) in [6, 6.07) is 4.67. The van der Waals surface area contributed by atoms with E-state index in [0.29, 0.717) is 6.04 Å². The molecule has 0 spiro atoms. The van der Waals surface area contributed by atoms with Crippen molar-refractivity contribution >= 4 is 5.82 Å². The summed E-state index contributed by atoms with van der Waals surface area (Å²) in [5.74, 6) is 1.81. The Labute approximate surface area is 104 Å². The number of rotatable bonds is 2. The van der Waals surface area contributed by atoms with Gasteiger partial charge in [-0.3, -0.25) is 0 Å². The van der Waals surface area contributed by atoms with Crippen molar-refractivity contribution in [3.8, 4) is 0 Å². The average Bonchev–Trinajstić information content (AvgIpc) is 2.33. The standard InChI is InChI=1S/C14H23N3/c1-10-6-5-9-17(12(10)3)14-13(11(2)15)7-4-8-16-14/h4,7-8,10-12H,5-6,9,15H2,1-3H3/t10?,11-,12?/m0/s1. The lowest BCUT2D eigenvalue weighted by Gasteiger charge is -2.40. The smallest absolute Gasteiger partial charge is 0.133 e. The third-order valence-electron chi connectivity index (χ3n) is 3.95. The Morgan fingerprint density at radius 2 is 2.24 bits per heavy atom. The molecule has 3 atom stereocenters. The molecule has 2 unspecified atom stereocenters. The number of aromatic nitrogens is 1. The lowest BCUT2D eigenvalue weighted by atomic mass is 9.91. The van der Waals surface area contributed by atoms with Crippen LogP contribution >= 0.6 is 0 Å². The largest absolute Gasteiger partial charge is 0.353 e. The molecule has 0 aliphatic carbocycles. The molecule has 1 fully saturated rings. The molecule has 0 bridgehead atoms. The van der Waals surface area contributed by atoms with E-state index in [9.17, 15) is 0 Å². The van der Waals surface area contributed by atoms with Crippen LogP contribution in [0.1, 0.15) is 45.2 Å². The quantitative estimate of drug-likeness (QED) is 0.854. The first-order valence-corrected chi connectivity index (χ1v) is 6.58. The van der Waals surface area contributed by atoms with E-state index in [1.54, 1.807) is 0 Å². The van der Waals surface area contributed by atoms with E-state index in [4.69, 9.17) is 5.73 Å². The highest BCUT2D eigenvalue weighted by Crippen LogP contribution is 2.30. The van der Waals surface area contributed by atoms with Crippen LogP contribution in [0.3, 0.4) is 0 Å².